The number of hydrogen-bond donors (Lipinski definition) is 2. The van der Waals surface area contributed by atoms with Crippen molar-refractivity contribution >= 4 is 33.6 Å². The van der Waals surface area contributed by atoms with E-state index in [1.807, 2.05) is 17.9 Å². The van der Waals surface area contributed by atoms with E-state index in [4.69, 9.17) is 10.5 Å². The minimum absolute atomic E-state index is 0.0850. The Kier molecular flexibility index (Phi) is 5.29. The molecule has 3 N–H and O–H groups in total. The fourth-order valence-electron chi connectivity index (χ4n) is 3.48. The summed E-state index contributed by atoms with van der Waals surface area (Å²) >= 11 is 3.43. The molecule has 3 rings (SSSR count). The second kappa shape index (κ2) is 7.35. The standard InChI is InChI=1S/C18H22BrN5O3/c1-10(11-3-4-11)23-16(25)12-8-22-13(7-20)14(19)15(12)24-6-5-18(2,9-24)27-17(21)26/h8,10-11H,3-6,9H2,1-2H3,(H2,21,26)(H,23,25)/t10?,18-/m0/s1. The third kappa shape index (κ3) is 4.16. The van der Waals surface area contributed by atoms with Crippen LogP contribution in [0.1, 0.15) is 49.2 Å². The van der Waals surface area contributed by atoms with Crippen LogP contribution in [0.5, 0.6) is 0 Å². The van der Waals surface area contributed by atoms with Gasteiger partial charge < -0.3 is 20.7 Å². The van der Waals surface area contributed by atoms with Gasteiger partial charge in [0.05, 0.1) is 22.3 Å². The van der Waals surface area contributed by atoms with Crippen molar-refractivity contribution in [3.05, 3.63) is 21.9 Å². The molecule has 1 aliphatic carbocycles. The topological polar surface area (TPSA) is 121 Å². The summed E-state index contributed by atoms with van der Waals surface area (Å²) in [5.41, 5.74) is 5.59. The van der Waals surface area contributed by atoms with Crippen LogP contribution >= 0.6 is 15.9 Å². The number of aromatic nitrogens is 1. The van der Waals surface area contributed by atoms with Crippen molar-refractivity contribution in [2.45, 2.75) is 44.8 Å². The van der Waals surface area contributed by atoms with E-state index in [9.17, 15) is 14.9 Å². The van der Waals surface area contributed by atoms with Crippen molar-refractivity contribution in [3.8, 4) is 6.07 Å². The van der Waals surface area contributed by atoms with E-state index >= 15 is 0 Å². The van der Waals surface area contributed by atoms with Gasteiger partial charge in [0.15, 0.2) is 5.69 Å². The highest BCUT2D eigenvalue weighted by Crippen LogP contribution is 2.38. The van der Waals surface area contributed by atoms with E-state index in [2.05, 4.69) is 26.2 Å². The second-order valence-electron chi connectivity index (χ2n) is 7.44. The first-order chi connectivity index (χ1) is 12.7. The first-order valence-corrected chi connectivity index (χ1v) is 9.66. The second-order valence-corrected chi connectivity index (χ2v) is 8.23. The van der Waals surface area contributed by atoms with Gasteiger partial charge in [0, 0.05) is 25.2 Å². The predicted molar refractivity (Wildman–Crippen MR) is 102 cm³/mol. The minimum Gasteiger partial charge on any atom is -0.441 e. The Balaban J connectivity index is 1.91. The largest absolute Gasteiger partial charge is 0.441 e. The summed E-state index contributed by atoms with van der Waals surface area (Å²) in [6.07, 6.45) is 3.41. The number of pyridine rings is 1. The molecule has 8 nitrogen and oxygen atoms in total. The van der Waals surface area contributed by atoms with E-state index in [1.54, 1.807) is 6.92 Å². The first-order valence-electron chi connectivity index (χ1n) is 8.87. The quantitative estimate of drug-likeness (QED) is 0.731. The van der Waals surface area contributed by atoms with Crippen molar-refractivity contribution in [1.82, 2.24) is 10.3 Å². The SMILES string of the molecule is CC(NC(=O)c1cnc(C#N)c(Br)c1N1CC[C@](C)(OC(N)=O)C1)C1CC1. The zero-order chi connectivity index (χ0) is 19.8. The molecule has 1 saturated heterocycles. The maximum Gasteiger partial charge on any atom is 0.405 e. The smallest absolute Gasteiger partial charge is 0.405 e. The molecule has 9 heteroatoms. The van der Waals surface area contributed by atoms with Crippen molar-refractivity contribution < 1.29 is 14.3 Å². The van der Waals surface area contributed by atoms with Gasteiger partial charge in [-0.05, 0) is 48.5 Å². The Morgan fingerprint density at radius 3 is 2.85 bits per heavy atom. The van der Waals surface area contributed by atoms with Crippen LogP contribution in [-0.4, -0.2) is 41.7 Å². The fourth-order valence-corrected chi connectivity index (χ4v) is 4.13. The summed E-state index contributed by atoms with van der Waals surface area (Å²) < 4.78 is 5.71. The van der Waals surface area contributed by atoms with Gasteiger partial charge in [0.2, 0.25) is 0 Å². The molecular weight excluding hydrogens is 414 g/mol. The number of ether oxygens (including phenoxy) is 1. The van der Waals surface area contributed by atoms with Crippen LogP contribution in [0.4, 0.5) is 10.5 Å². The van der Waals surface area contributed by atoms with E-state index in [0.717, 1.165) is 12.8 Å². The van der Waals surface area contributed by atoms with Crippen molar-refractivity contribution in [2.24, 2.45) is 11.7 Å². The number of anilines is 1. The van der Waals surface area contributed by atoms with Gasteiger partial charge in [-0.25, -0.2) is 9.78 Å². The fraction of sp³-hybridized carbons (Fsp3) is 0.556. The Morgan fingerprint density at radius 2 is 2.26 bits per heavy atom. The van der Waals surface area contributed by atoms with Gasteiger partial charge in [-0.15, -0.1) is 0 Å². The van der Waals surface area contributed by atoms with Crippen LogP contribution in [0, 0.1) is 17.2 Å². The highest BCUT2D eigenvalue weighted by Gasteiger charge is 2.39. The Hall–Kier alpha value is -2.34. The van der Waals surface area contributed by atoms with Crippen LogP contribution in [0.15, 0.2) is 10.7 Å². The molecule has 2 heterocycles. The van der Waals surface area contributed by atoms with Crippen LogP contribution < -0.4 is 16.0 Å². The number of nitrogens with two attached hydrogens (primary N) is 1. The molecule has 1 saturated carbocycles. The normalized spacial score (nSPS) is 22.8. The monoisotopic (exact) mass is 435 g/mol. The molecule has 0 bridgehead atoms. The number of carbonyl (C=O) groups excluding carboxylic acids is 2. The highest BCUT2D eigenvalue weighted by atomic mass is 79.9. The highest BCUT2D eigenvalue weighted by molar-refractivity contribution is 9.10. The zero-order valence-electron chi connectivity index (χ0n) is 15.3. The van der Waals surface area contributed by atoms with E-state index in [1.165, 1.54) is 6.20 Å². The molecule has 2 fully saturated rings. The average Bonchev–Trinajstić information content (AvgIpc) is 3.37. The number of rotatable bonds is 5. The maximum atomic E-state index is 12.9. The number of nitrogens with zero attached hydrogens (tertiary/aromatic N) is 3. The summed E-state index contributed by atoms with van der Waals surface area (Å²) in [5.74, 6) is 0.290. The van der Waals surface area contributed by atoms with Crippen LogP contribution in [0.25, 0.3) is 0 Å². The molecule has 0 aromatic carbocycles. The van der Waals surface area contributed by atoms with Gasteiger partial charge >= 0.3 is 6.09 Å². The minimum atomic E-state index is -0.831. The maximum absolute atomic E-state index is 12.9. The number of hydrogen-bond acceptors (Lipinski definition) is 6. The number of halogens is 1. The molecule has 144 valence electrons. The molecule has 2 aliphatic rings. The number of nitrogens with one attached hydrogen (secondary N) is 1. The zero-order valence-corrected chi connectivity index (χ0v) is 16.9. The lowest BCUT2D eigenvalue weighted by Gasteiger charge is -2.27. The molecule has 0 radical (unpaired) electrons. The van der Waals surface area contributed by atoms with Gasteiger partial charge in [-0.1, -0.05) is 0 Å². The lowest BCUT2D eigenvalue weighted by Crippen LogP contribution is -2.38. The van der Waals surface area contributed by atoms with Crippen molar-refractivity contribution in [3.63, 3.8) is 0 Å². The molecule has 2 atom stereocenters. The van der Waals surface area contributed by atoms with Gasteiger partial charge in [-0.3, -0.25) is 4.79 Å². The Labute approximate surface area is 166 Å². The van der Waals surface area contributed by atoms with Crippen molar-refractivity contribution in [2.75, 3.05) is 18.0 Å². The van der Waals surface area contributed by atoms with Gasteiger partial charge in [0.1, 0.15) is 11.7 Å². The van der Waals surface area contributed by atoms with Crippen molar-refractivity contribution in [1.29, 1.82) is 5.26 Å². The molecule has 1 unspecified atom stereocenters. The molecular formula is C18H22BrN5O3. The Morgan fingerprint density at radius 1 is 1.56 bits per heavy atom. The number of nitriles is 1. The van der Waals surface area contributed by atoms with Crippen LogP contribution in [0.2, 0.25) is 0 Å². The molecule has 27 heavy (non-hydrogen) atoms. The summed E-state index contributed by atoms with van der Waals surface area (Å²) in [5, 5.41) is 12.3. The number of primary amides is 1. The van der Waals surface area contributed by atoms with E-state index < -0.39 is 11.7 Å². The number of carbonyl (C=O) groups is 2. The molecule has 1 aromatic heterocycles. The number of amides is 2. The molecule has 1 aromatic rings. The summed E-state index contributed by atoms with van der Waals surface area (Å²) in [4.78, 5) is 30.1. The lowest BCUT2D eigenvalue weighted by atomic mass is 10.1. The predicted octanol–water partition coefficient (Wildman–Crippen LogP) is 2.31. The van der Waals surface area contributed by atoms with E-state index in [0.29, 0.717) is 41.2 Å². The molecule has 0 spiro atoms. The first kappa shape index (κ1) is 19.4. The van der Waals surface area contributed by atoms with Crippen LogP contribution in [-0.2, 0) is 4.74 Å². The molecule has 2 amide bonds. The van der Waals surface area contributed by atoms with Gasteiger partial charge in [-0.2, -0.15) is 5.26 Å². The Bertz CT molecular complexity index is 820. The van der Waals surface area contributed by atoms with Crippen LogP contribution in [0.3, 0.4) is 0 Å². The summed E-state index contributed by atoms with van der Waals surface area (Å²) in [6, 6.07) is 2.11. The molecule has 1 aliphatic heterocycles. The average molecular weight is 436 g/mol. The summed E-state index contributed by atoms with van der Waals surface area (Å²) in [7, 11) is 0. The lowest BCUT2D eigenvalue weighted by molar-refractivity contribution is 0.0480. The third-order valence-corrected chi connectivity index (χ3v) is 5.88. The van der Waals surface area contributed by atoms with E-state index in [-0.39, 0.29) is 17.6 Å². The summed E-state index contributed by atoms with van der Waals surface area (Å²) in [6.45, 7) is 4.71. The third-order valence-electron chi connectivity index (χ3n) is 5.13. The van der Waals surface area contributed by atoms with Gasteiger partial charge in [0.25, 0.3) is 5.91 Å².